The molecule has 1 heteroatoms. The zero-order valence-corrected chi connectivity index (χ0v) is 8.74. The molecule has 1 nitrogen and oxygen atoms in total. The third-order valence-corrected chi connectivity index (χ3v) is 4.03. The highest BCUT2D eigenvalue weighted by atomic mass is 16.6. The highest BCUT2D eigenvalue weighted by Gasteiger charge is 2.70. The summed E-state index contributed by atoms with van der Waals surface area (Å²) in [6.45, 7) is 9.20. The summed E-state index contributed by atoms with van der Waals surface area (Å²) in [7, 11) is 0. The van der Waals surface area contributed by atoms with Crippen molar-refractivity contribution in [3.63, 3.8) is 0 Å². The van der Waals surface area contributed by atoms with E-state index in [1.165, 1.54) is 25.7 Å². The minimum atomic E-state index is 0.150. The first-order chi connectivity index (χ1) is 5.41. The lowest BCUT2D eigenvalue weighted by Gasteiger charge is -2.38. The Morgan fingerprint density at radius 2 is 1.42 bits per heavy atom. The normalized spacial score (nSPS) is 43.0. The average Bonchev–Trinajstić information content (AvgIpc) is 2.46. The van der Waals surface area contributed by atoms with Crippen molar-refractivity contribution in [1.29, 1.82) is 0 Å². The minimum Gasteiger partial charge on any atom is -0.363 e. The predicted molar refractivity (Wildman–Crippen MR) is 50.1 cm³/mol. The molecule has 1 atom stereocenters. The van der Waals surface area contributed by atoms with E-state index in [2.05, 4.69) is 27.7 Å². The average molecular weight is 168 g/mol. The van der Waals surface area contributed by atoms with Crippen molar-refractivity contribution in [1.82, 2.24) is 0 Å². The van der Waals surface area contributed by atoms with Crippen LogP contribution in [0.25, 0.3) is 0 Å². The van der Waals surface area contributed by atoms with Gasteiger partial charge in [0.25, 0.3) is 0 Å². The zero-order valence-electron chi connectivity index (χ0n) is 8.74. The van der Waals surface area contributed by atoms with Crippen LogP contribution >= 0.6 is 0 Å². The molecule has 2 aliphatic rings. The van der Waals surface area contributed by atoms with Crippen molar-refractivity contribution >= 4 is 0 Å². The molecular weight excluding hydrogens is 148 g/mol. The Hall–Kier alpha value is -0.0400. The smallest absolute Gasteiger partial charge is 0.102 e. The molecule has 0 bridgehead atoms. The van der Waals surface area contributed by atoms with E-state index < -0.39 is 0 Å². The fourth-order valence-corrected chi connectivity index (χ4v) is 3.20. The molecule has 0 aromatic rings. The lowest BCUT2D eigenvalue weighted by atomic mass is 9.64. The van der Waals surface area contributed by atoms with E-state index in [1.807, 2.05) is 0 Å². The SMILES string of the molecule is CC1(C)CCCCC12OC2(C)C. The van der Waals surface area contributed by atoms with Crippen LogP contribution in [-0.2, 0) is 4.74 Å². The van der Waals surface area contributed by atoms with Crippen LogP contribution < -0.4 is 0 Å². The summed E-state index contributed by atoms with van der Waals surface area (Å²) in [4.78, 5) is 0. The summed E-state index contributed by atoms with van der Waals surface area (Å²) in [5.41, 5.74) is 0.768. The maximum atomic E-state index is 5.95. The summed E-state index contributed by atoms with van der Waals surface area (Å²) < 4.78 is 5.95. The third kappa shape index (κ3) is 0.834. The molecule has 1 spiro atoms. The standard InChI is InChI=1S/C11H20O/c1-9(2)7-5-6-8-11(9)10(3,4)12-11/h5-8H2,1-4H3. The molecular formula is C11H20O. The molecule has 1 aliphatic heterocycles. The van der Waals surface area contributed by atoms with Crippen LogP contribution in [0.2, 0.25) is 0 Å². The Balaban J connectivity index is 2.25. The molecule has 0 aromatic heterocycles. The molecule has 1 saturated carbocycles. The summed E-state index contributed by atoms with van der Waals surface area (Å²) in [5.74, 6) is 0. The second-order valence-corrected chi connectivity index (χ2v) is 5.53. The van der Waals surface area contributed by atoms with Gasteiger partial charge < -0.3 is 4.74 Å². The monoisotopic (exact) mass is 168 g/mol. The Morgan fingerprint density at radius 1 is 0.917 bits per heavy atom. The zero-order chi connectivity index (χ0) is 9.04. The first kappa shape index (κ1) is 8.55. The molecule has 2 rings (SSSR count). The van der Waals surface area contributed by atoms with Crippen molar-refractivity contribution in [2.24, 2.45) is 5.41 Å². The fraction of sp³-hybridized carbons (Fsp3) is 1.00. The number of rotatable bonds is 0. The lowest BCUT2D eigenvalue weighted by molar-refractivity contribution is 0.0851. The van der Waals surface area contributed by atoms with Gasteiger partial charge in [0.15, 0.2) is 0 Å². The van der Waals surface area contributed by atoms with Crippen LogP contribution in [0.1, 0.15) is 53.4 Å². The van der Waals surface area contributed by atoms with Gasteiger partial charge in [0.2, 0.25) is 0 Å². The van der Waals surface area contributed by atoms with Gasteiger partial charge in [-0.25, -0.2) is 0 Å². The Morgan fingerprint density at radius 3 is 1.75 bits per heavy atom. The second kappa shape index (κ2) is 2.06. The van der Waals surface area contributed by atoms with Crippen molar-refractivity contribution in [3.8, 4) is 0 Å². The first-order valence-electron chi connectivity index (χ1n) is 5.12. The van der Waals surface area contributed by atoms with Gasteiger partial charge >= 0.3 is 0 Å². The number of ether oxygens (including phenoxy) is 1. The van der Waals surface area contributed by atoms with Crippen LogP contribution in [0.3, 0.4) is 0 Å². The largest absolute Gasteiger partial charge is 0.363 e. The summed E-state index contributed by atoms with van der Waals surface area (Å²) in [6, 6.07) is 0. The fourth-order valence-electron chi connectivity index (χ4n) is 3.20. The predicted octanol–water partition coefficient (Wildman–Crippen LogP) is 3.13. The number of hydrogen-bond donors (Lipinski definition) is 0. The molecule has 1 aliphatic carbocycles. The van der Waals surface area contributed by atoms with Crippen molar-refractivity contribution in [3.05, 3.63) is 0 Å². The molecule has 1 heterocycles. The van der Waals surface area contributed by atoms with Gasteiger partial charge in [-0.1, -0.05) is 26.7 Å². The van der Waals surface area contributed by atoms with Gasteiger partial charge in [0.05, 0.1) is 5.60 Å². The topological polar surface area (TPSA) is 12.5 Å². The maximum absolute atomic E-state index is 5.95. The quantitative estimate of drug-likeness (QED) is 0.506. The van der Waals surface area contributed by atoms with E-state index in [0.717, 1.165) is 0 Å². The van der Waals surface area contributed by atoms with Crippen LogP contribution in [0, 0.1) is 5.41 Å². The van der Waals surface area contributed by atoms with E-state index in [1.54, 1.807) is 0 Å². The molecule has 0 aromatic carbocycles. The highest BCUT2D eigenvalue weighted by Crippen LogP contribution is 2.64. The van der Waals surface area contributed by atoms with Gasteiger partial charge in [-0.15, -0.1) is 0 Å². The molecule has 2 fully saturated rings. The summed E-state index contributed by atoms with van der Waals surface area (Å²) in [5, 5.41) is 0. The summed E-state index contributed by atoms with van der Waals surface area (Å²) in [6.07, 6.45) is 5.34. The first-order valence-corrected chi connectivity index (χ1v) is 5.12. The van der Waals surface area contributed by atoms with E-state index in [4.69, 9.17) is 4.74 Å². The van der Waals surface area contributed by atoms with Crippen LogP contribution in [-0.4, -0.2) is 11.2 Å². The molecule has 12 heavy (non-hydrogen) atoms. The molecule has 70 valence electrons. The molecule has 1 unspecified atom stereocenters. The second-order valence-electron chi connectivity index (χ2n) is 5.53. The van der Waals surface area contributed by atoms with E-state index in [0.29, 0.717) is 5.41 Å². The molecule has 1 saturated heterocycles. The van der Waals surface area contributed by atoms with Gasteiger partial charge in [0.1, 0.15) is 5.60 Å². The van der Waals surface area contributed by atoms with Gasteiger partial charge in [-0.2, -0.15) is 0 Å². The molecule has 0 radical (unpaired) electrons. The lowest BCUT2D eigenvalue weighted by Crippen LogP contribution is -2.40. The molecule has 0 amide bonds. The van der Waals surface area contributed by atoms with Crippen LogP contribution in [0.5, 0.6) is 0 Å². The van der Waals surface area contributed by atoms with E-state index >= 15 is 0 Å². The van der Waals surface area contributed by atoms with Gasteiger partial charge in [-0.05, 0) is 32.1 Å². The summed E-state index contributed by atoms with van der Waals surface area (Å²) >= 11 is 0. The maximum Gasteiger partial charge on any atom is 0.102 e. The minimum absolute atomic E-state index is 0.150. The van der Waals surface area contributed by atoms with E-state index in [-0.39, 0.29) is 11.2 Å². The van der Waals surface area contributed by atoms with Gasteiger partial charge in [-0.3, -0.25) is 0 Å². The molecule has 0 N–H and O–H groups in total. The van der Waals surface area contributed by atoms with Crippen LogP contribution in [0.15, 0.2) is 0 Å². The number of epoxide rings is 1. The Bertz CT molecular complexity index is 205. The van der Waals surface area contributed by atoms with E-state index in [9.17, 15) is 0 Å². The van der Waals surface area contributed by atoms with Crippen LogP contribution in [0.4, 0.5) is 0 Å². The van der Waals surface area contributed by atoms with Crippen molar-refractivity contribution in [2.45, 2.75) is 64.6 Å². The Kier molecular flexibility index (Phi) is 1.47. The highest BCUT2D eigenvalue weighted by molar-refractivity contribution is 5.18. The van der Waals surface area contributed by atoms with Crippen molar-refractivity contribution in [2.75, 3.05) is 0 Å². The van der Waals surface area contributed by atoms with Crippen molar-refractivity contribution < 1.29 is 4.74 Å². The third-order valence-electron chi connectivity index (χ3n) is 4.03. The van der Waals surface area contributed by atoms with Gasteiger partial charge in [0, 0.05) is 0 Å². The number of hydrogen-bond acceptors (Lipinski definition) is 1. The Labute approximate surface area is 75.5 Å².